The van der Waals surface area contributed by atoms with Crippen LogP contribution in [0.5, 0.6) is 0 Å². The molecule has 20 heavy (non-hydrogen) atoms. The summed E-state index contributed by atoms with van der Waals surface area (Å²) in [6, 6.07) is -0.579. The van der Waals surface area contributed by atoms with Crippen molar-refractivity contribution >= 4 is 17.7 Å². The highest BCUT2D eigenvalue weighted by Crippen LogP contribution is 1.98. The summed E-state index contributed by atoms with van der Waals surface area (Å²) < 4.78 is 0. The van der Waals surface area contributed by atoms with Gasteiger partial charge in [0.15, 0.2) is 0 Å². The topological polar surface area (TPSA) is 142 Å². The minimum Gasteiger partial charge on any atom is -0.348 e. The van der Waals surface area contributed by atoms with Crippen molar-refractivity contribution in [3.05, 3.63) is 18.2 Å². The van der Waals surface area contributed by atoms with Gasteiger partial charge in [-0.3, -0.25) is 19.7 Å². The number of aromatic amines is 1. The first-order valence-electron chi connectivity index (χ1n) is 6.01. The Morgan fingerprint density at radius 3 is 2.70 bits per heavy atom. The van der Waals surface area contributed by atoms with Gasteiger partial charge in [0.25, 0.3) is 0 Å². The van der Waals surface area contributed by atoms with Crippen LogP contribution < -0.4 is 21.7 Å². The molecule has 1 atom stereocenters. The van der Waals surface area contributed by atoms with Gasteiger partial charge >= 0.3 is 0 Å². The monoisotopic (exact) mass is 282 g/mol. The molecule has 0 aliphatic carbocycles. The quantitative estimate of drug-likeness (QED) is 0.367. The van der Waals surface area contributed by atoms with Gasteiger partial charge < -0.3 is 21.4 Å². The number of carbonyl (C=O) groups is 3. The largest absolute Gasteiger partial charge is 0.348 e. The fraction of sp³-hybridized carbons (Fsp3) is 0.455. The number of aromatic nitrogens is 2. The maximum atomic E-state index is 11.9. The van der Waals surface area contributed by atoms with Gasteiger partial charge in [-0.15, -0.1) is 0 Å². The molecule has 6 N–H and O–H groups in total. The van der Waals surface area contributed by atoms with Crippen LogP contribution in [0.2, 0.25) is 0 Å². The normalized spacial score (nSPS) is 11.7. The highest BCUT2D eigenvalue weighted by Gasteiger charge is 2.19. The van der Waals surface area contributed by atoms with E-state index in [4.69, 9.17) is 5.73 Å². The average molecular weight is 282 g/mol. The number of H-pyrrole nitrogens is 1. The average Bonchev–Trinajstić information content (AvgIpc) is 2.94. The van der Waals surface area contributed by atoms with Gasteiger partial charge in [-0.25, -0.2) is 4.98 Å². The lowest BCUT2D eigenvalue weighted by atomic mass is 10.1. The zero-order valence-corrected chi connectivity index (χ0v) is 11.1. The van der Waals surface area contributed by atoms with Crippen LogP contribution in [-0.2, 0) is 20.8 Å². The Hall–Kier alpha value is -2.26. The molecule has 9 nitrogen and oxygen atoms in total. The van der Waals surface area contributed by atoms with E-state index in [0.717, 1.165) is 5.69 Å². The number of amides is 3. The smallest absolute Gasteiger partial charge is 0.245 e. The second-order valence-electron chi connectivity index (χ2n) is 4.02. The van der Waals surface area contributed by atoms with Crippen molar-refractivity contribution < 1.29 is 14.4 Å². The molecule has 0 aliphatic rings. The van der Waals surface area contributed by atoms with Crippen LogP contribution in [0.1, 0.15) is 5.69 Å². The zero-order chi connectivity index (χ0) is 15.0. The summed E-state index contributed by atoms with van der Waals surface area (Å²) in [7, 11) is 1.61. The Kier molecular flexibility index (Phi) is 6.33. The van der Waals surface area contributed by atoms with Crippen molar-refractivity contribution in [3.63, 3.8) is 0 Å². The fourth-order valence-electron chi connectivity index (χ4n) is 1.46. The molecular weight excluding hydrogens is 264 g/mol. The van der Waals surface area contributed by atoms with E-state index in [1.54, 1.807) is 13.2 Å². The standard InChI is InChI=1S/C11H18N6O3/c1-13-8(2-7-4-14-6-16-7)11(20)17-10(19)5-15-9(18)3-12/h4,6,8,13H,2-3,5,12H2,1H3,(H,14,16)(H,15,18)(H,17,19,20)/t8-/m0/s1. The van der Waals surface area contributed by atoms with E-state index in [2.05, 4.69) is 25.9 Å². The van der Waals surface area contributed by atoms with E-state index < -0.39 is 23.8 Å². The molecule has 0 saturated carbocycles. The van der Waals surface area contributed by atoms with E-state index in [1.165, 1.54) is 6.33 Å². The molecule has 1 heterocycles. The molecule has 1 rings (SSSR count). The van der Waals surface area contributed by atoms with Gasteiger partial charge in [0.05, 0.1) is 25.5 Å². The molecule has 0 radical (unpaired) electrons. The highest BCUT2D eigenvalue weighted by molar-refractivity contribution is 5.99. The van der Waals surface area contributed by atoms with Gasteiger partial charge in [0, 0.05) is 18.3 Å². The molecule has 0 aromatic carbocycles. The molecular formula is C11H18N6O3. The van der Waals surface area contributed by atoms with Crippen molar-refractivity contribution in [1.29, 1.82) is 0 Å². The minimum absolute atomic E-state index is 0.208. The minimum atomic E-state index is -0.596. The van der Waals surface area contributed by atoms with Crippen molar-refractivity contribution in [2.24, 2.45) is 5.73 Å². The van der Waals surface area contributed by atoms with Gasteiger partial charge in [0.2, 0.25) is 17.7 Å². The number of nitrogens with one attached hydrogen (secondary N) is 4. The summed E-state index contributed by atoms with van der Waals surface area (Å²) in [6.07, 6.45) is 3.47. The number of hydrogen-bond donors (Lipinski definition) is 5. The Morgan fingerprint density at radius 1 is 1.40 bits per heavy atom. The van der Waals surface area contributed by atoms with Gasteiger partial charge in [-0.05, 0) is 7.05 Å². The Bertz CT molecular complexity index is 459. The van der Waals surface area contributed by atoms with Crippen LogP contribution in [-0.4, -0.2) is 53.9 Å². The second kappa shape index (κ2) is 8.02. The van der Waals surface area contributed by atoms with E-state index in [0.29, 0.717) is 6.42 Å². The number of rotatable bonds is 7. The van der Waals surface area contributed by atoms with Crippen molar-refractivity contribution in [3.8, 4) is 0 Å². The Balaban J connectivity index is 2.42. The summed E-state index contributed by atoms with van der Waals surface area (Å²) in [5.41, 5.74) is 5.84. The van der Waals surface area contributed by atoms with Crippen molar-refractivity contribution in [2.75, 3.05) is 20.1 Å². The molecule has 110 valence electrons. The van der Waals surface area contributed by atoms with E-state index in [9.17, 15) is 14.4 Å². The molecule has 0 bridgehead atoms. The third-order valence-electron chi connectivity index (χ3n) is 2.54. The maximum absolute atomic E-state index is 11.9. The molecule has 3 amide bonds. The zero-order valence-electron chi connectivity index (χ0n) is 11.1. The molecule has 0 saturated heterocycles. The van der Waals surface area contributed by atoms with Gasteiger partial charge in [-0.2, -0.15) is 0 Å². The lowest BCUT2D eigenvalue weighted by Crippen LogP contribution is -2.49. The molecule has 0 fully saturated rings. The number of hydrogen-bond acceptors (Lipinski definition) is 6. The Morgan fingerprint density at radius 2 is 2.15 bits per heavy atom. The number of nitrogens with two attached hydrogens (primary N) is 1. The summed E-state index contributed by atoms with van der Waals surface area (Å²) >= 11 is 0. The molecule has 1 aromatic rings. The first-order valence-corrected chi connectivity index (χ1v) is 6.01. The van der Waals surface area contributed by atoms with Crippen LogP contribution in [0.3, 0.4) is 0 Å². The van der Waals surface area contributed by atoms with Crippen LogP contribution in [0.25, 0.3) is 0 Å². The predicted octanol–water partition coefficient (Wildman–Crippen LogP) is -2.74. The summed E-state index contributed by atoms with van der Waals surface area (Å²) in [5, 5.41) is 7.27. The van der Waals surface area contributed by atoms with Gasteiger partial charge in [0.1, 0.15) is 0 Å². The first-order chi connectivity index (χ1) is 9.56. The maximum Gasteiger partial charge on any atom is 0.245 e. The van der Waals surface area contributed by atoms with Crippen LogP contribution in [0, 0.1) is 0 Å². The fourth-order valence-corrected chi connectivity index (χ4v) is 1.46. The first kappa shape index (κ1) is 15.8. The Labute approximate surface area is 115 Å². The van der Waals surface area contributed by atoms with Crippen molar-refractivity contribution in [2.45, 2.75) is 12.5 Å². The van der Waals surface area contributed by atoms with E-state index >= 15 is 0 Å². The van der Waals surface area contributed by atoms with E-state index in [-0.39, 0.29) is 13.1 Å². The van der Waals surface area contributed by atoms with Crippen molar-refractivity contribution in [1.82, 2.24) is 25.9 Å². The van der Waals surface area contributed by atoms with E-state index in [1.807, 2.05) is 0 Å². The number of imidazole rings is 1. The van der Waals surface area contributed by atoms with Crippen LogP contribution >= 0.6 is 0 Å². The van der Waals surface area contributed by atoms with Crippen LogP contribution in [0.4, 0.5) is 0 Å². The number of carbonyl (C=O) groups excluding carboxylic acids is 3. The third-order valence-corrected chi connectivity index (χ3v) is 2.54. The summed E-state index contributed by atoms with van der Waals surface area (Å²) in [4.78, 5) is 40.9. The lowest BCUT2D eigenvalue weighted by molar-refractivity contribution is -0.132. The molecule has 0 aliphatic heterocycles. The highest BCUT2D eigenvalue weighted by atomic mass is 16.2. The molecule has 0 unspecified atom stereocenters. The number of likely N-dealkylation sites (N-methyl/N-ethyl adjacent to an activating group) is 1. The molecule has 1 aromatic heterocycles. The van der Waals surface area contributed by atoms with Crippen LogP contribution in [0.15, 0.2) is 12.5 Å². The molecule has 0 spiro atoms. The van der Waals surface area contributed by atoms with Gasteiger partial charge in [-0.1, -0.05) is 0 Å². The summed E-state index contributed by atoms with van der Waals surface area (Å²) in [5.74, 6) is -1.54. The number of imide groups is 1. The lowest BCUT2D eigenvalue weighted by Gasteiger charge is -2.14. The predicted molar refractivity (Wildman–Crippen MR) is 70.4 cm³/mol. The summed E-state index contributed by atoms with van der Waals surface area (Å²) in [6.45, 7) is -0.498. The second-order valence-corrected chi connectivity index (χ2v) is 4.02. The SMILES string of the molecule is CN[C@@H](Cc1cnc[nH]1)C(=O)NC(=O)CNC(=O)CN. The third kappa shape index (κ3) is 5.16. The number of nitrogens with zero attached hydrogens (tertiary/aromatic N) is 1. The molecule has 9 heteroatoms.